The molecule has 3 heterocycles. The van der Waals surface area contributed by atoms with Crippen molar-refractivity contribution in [2.45, 2.75) is 77.3 Å². The van der Waals surface area contributed by atoms with Gasteiger partial charge in [0, 0.05) is 44.3 Å². The standard InChI is InChI=1S/C25H43N5O2/c1-2-32-25(31)24-22(17-26-27-24)20-29(16-15-28-12-6-3-7-13-28)18-21-9-8-14-30(19-21)23-10-4-5-11-23/h17,21,23H,2-16,18-20H2,1H3,(H,26,27)/t21-/m0/s1. The Morgan fingerprint density at radius 1 is 1.12 bits per heavy atom. The fourth-order valence-corrected chi connectivity index (χ4v) is 5.97. The molecular formula is C25H43N5O2. The number of ether oxygens (including phenoxy) is 1. The van der Waals surface area contributed by atoms with Crippen LogP contribution in [-0.4, -0.2) is 89.3 Å². The number of esters is 1. The number of piperidine rings is 2. The summed E-state index contributed by atoms with van der Waals surface area (Å²) in [7, 11) is 0. The van der Waals surface area contributed by atoms with E-state index in [0.717, 1.165) is 37.8 Å². The average Bonchev–Trinajstić information content (AvgIpc) is 3.51. The van der Waals surface area contributed by atoms with Crippen molar-refractivity contribution in [1.82, 2.24) is 24.9 Å². The van der Waals surface area contributed by atoms with E-state index in [2.05, 4.69) is 24.9 Å². The number of hydrogen-bond donors (Lipinski definition) is 1. The molecule has 7 heteroatoms. The lowest BCUT2D eigenvalue weighted by atomic mass is 9.95. The van der Waals surface area contributed by atoms with Gasteiger partial charge in [-0.15, -0.1) is 0 Å². The Balaban J connectivity index is 1.39. The van der Waals surface area contributed by atoms with E-state index in [4.69, 9.17) is 4.74 Å². The van der Waals surface area contributed by atoms with E-state index < -0.39 is 0 Å². The lowest BCUT2D eigenvalue weighted by Crippen LogP contribution is -2.46. The first-order valence-electron chi connectivity index (χ1n) is 13.1. The summed E-state index contributed by atoms with van der Waals surface area (Å²) in [5, 5.41) is 7.05. The van der Waals surface area contributed by atoms with E-state index in [0.29, 0.717) is 18.2 Å². The molecular weight excluding hydrogens is 402 g/mol. The van der Waals surface area contributed by atoms with Gasteiger partial charge in [-0.05, 0) is 71.0 Å². The largest absolute Gasteiger partial charge is 0.461 e. The number of likely N-dealkylation sites (tertiary alicyclic amines) is 2. The summed E-state index contributed by atoms with van der Waals surface area (Å²) in [6, 6.07) is 0.823. The molecule has 0 amide bonds. The predicted octanol–water partition coefficient (Wildman–Crippen LogP) is 3.53. The van der Waals surface area contributed by atoms with E-state index in [1.54, 1.807) is 0 Å². The Hall–Kier alpha value is -1.44. The van der Waals surface area contributed by atoms with Crippen LogP contribution in [0.25, 0.3) is 0 Å². The first kappa shape index (κ1) is 23.7. The Morgan fingerprint density at radius 2 is 1.94 bits per heavy atom. The summed E-state index contributed by atoms with van der Waals surface area (Å²) in [6.07, 6.45) is 14.1. The summed E-state index contributed by atoms with van der Waals surface area (Å²) in [4.78, 5) is 20.3. The molecule has 1 atom stereocenters. The van der Waals surface area contributed by atoms with Crippen LogP contribution < -0.4 is 0 Å². The van der Waals surface area contributed by atoms with Gasteiger partial charge in [-0.25, -0.2) is 4.79 Å². The smallest absolute Gasteiger partial charge is 0.356 e. The molecule has 7 nitrogen and oxygen atoms in total. The normalized spacial score (nSPS) is 23.8. The molecule has 3 aliphatic rings. The number of aromatic nitrogens is 2. The molecule has 1 aliphatic carbocycles. The molecule has 0 bridgehead atoms. The first-order valence-corrected chi connectivity index (χ1v) is 13.1. The summed E-state index contributed by atoms with van der Waals surface area (Å²) in [6.45, 7) is 11.2. The van der Waals surface area contributed by atoms with Crippen LogP contribution in [0.1, 0.15) is 80.8 Å². The maximum absolute atomic E-state index is 12.4. The SMILES string of the molecule is CCOC(=O)c1[nH]ncc1CN(CCN1CCCCC1)C[C@@H]1CCCN(C2CCCC2)C1. The summed E-state index contributed by atoms with van der Waals surface area (Å²) in [5.74, 6) is 0.421. The predicted molar refractivity (Wildman–Crippen MR) is 127 cm³/mol. The Labute approximate surface area is 193 Å². The third kappa shape index (κ3) is 6.55. The van der Waals surface area contributed by atoms with Gasteiger partial charge in [0.2, 0.25) is 0 Å². The van der Waals surface area contributed by atoms with Crippen molar-refractivity contribution in [3.05, 3.63) is 17.5 Å². The summed E-state index contributed by atoms with van der Waals surface area (Å²) < 4.78 is 5.24. The van der Waals surface area contributed by atoms with Crippen molar-refractivity contribution >= 4 is 5.97 Å². The fraction of sp³-hybridized carbons (Fsp3) is 0.840. The van der Waals surface area contributed by atoms with Gasteiger partial charge in [0.15, 0.2) is 0 Å². The number of hydrogen-bond acceptors (Lipinski definition) is 6. The molecule has 0 aromatic carbocycles. The number of carbonyl (C=O) groups excluding carboxylic acids is 1. The van der Waals surface area contributed by atoms with Crippen LogP contribution in [0.5, 0.6) is 0 Å². The van der Waals surface area contributed by atoms with Crippen LogP contribution in [0.2, 0.25) is 0 Å². The Kier molecular flexibility index (Phi) is 9.00. The van der Waals surface area contributed by atoms with Crippen molar-refractivity contribution < 1.29 is 9.53 Å². The topological polar surface area (TPSA) is 64.7 Å². The number of aromatic amines is 1. The molecule has 0 spiro atoms. The molecule has 1 saturated carbocycles. The molecule has 0 unspecified atom stereocenters. The number of nitrogens with one attached hydrogen (secondary N) is 1. The highest BCUT2D eigenvalue weighted by Gasteiger charge is 2.29. The monoisotopic (exact) mass is 445 g/mol. The van der Waals surface area contributed by atoms with E-state index in [9.17, 15) is 4.79 Å². The van der Waals surface area contributed by atoms with Crippen LogP contribution in [-0.2, 0) is 11.3 Å². The first-order chi connectivity index (χ1) is 15.7. The number of carbonyl (C=O) groups is 1. The minimum Gasteiger partial charge on any atom is -0.461 e. The lowest BCUT2D eigenvalue weighted by molar-refractivity contribution is 0.0515. The van der Waals surface area contributed by atoms with Gasteiger partial charge in [0.25, 0.3) is 0 Å². The van der Waals surface area contributed by atoms with Crippen molar-refractivity contribution in [1.29, 1.82) is 0 Å². The molecule has 2 saturated heterocycles. The van der Waals surface area contributed by atoms with E-state index in [1.165, 1.54) is 84.0 Å². The average molecular weight is 446 g/mol. The van der Waals surface area contributed by atoms with Gasteiger partial charge in [-0.2, -0.15) is 5.10 Å². The van der Waals surface area contributed by atoms with Gasteiger partial charge in [-0.1, -0.05) is 19.3 Å². The number of rotatable bonds is 10. The van der Waals surface area contributed by atoms with Gasteiger partial charge in [0.05, 0.1) is 12.8 Å². The molecule has 4 rings (SSSR count). The maximum Gasteiger partial charge on any atom is 0.356 e. The second-order valence-corrected chi connectivity index (χ2v) is 10.1. The van der Waals surface area contributed by atoms with E-state index >= 15 is 0 Å². The summed E-state index contributed by atoms with van der Waals surface area (Å²) in [5.41, 5.74) is 1.48. The van der Waals surface area contributed by atoms with Gasteiger partial charge in [0.1, 0.15) is 5.69 Å². The Morgan fingerprint density at radius 3 is 2.72 bits per heavy atom. The van der Waals surface area contributed by atoms with Crippen molar-refractivity contribution in [3.63, 3.8) is 0 Å². The maximum atomic E-state index is 12.4. The molecule has 1 N–H and O–H groups in total. The number of nitrogens with zero attached hydrogens (tertiary/aromatic N) is 4. The van der Waals surface area contributed by atoms with E-state index in [-0.39, 0.29) is 5.97 Å². The molecule has 32 heavy (non-hydrogen) atoms. The second kappa shape index (κ2) is 12.1. The van der Waals surface area contributed by atoms with Crippen LogP contribution in [0.15, 0.2) is 6.20 Å². The molecule has 1 aromatic heterocycles. The van der Waals surface area contributed by atoms with Gasteiger partial charge in [-0.3, -0.25) is 10.00 Å². The molecule has 2 aliphatic heterocycles. The van der Waals surface area contributed by atoms with Crippen LogP contribution >= 0.6 is 0 Å². The van der Waals surface area contributed by atoms with Crippen molar-refractivity contribution in [2.75, 3.05) is 52.4 Å². The zero-order chi connectivity index (χ0) is 22.2. The second-order valence-electron chi connectivity index (χ2n) is 10.1. The molecule has 1 aromatic rings. The lowest BCUT2D eigenvalue weighted by Gasteiger charge is -2.39. The quantitative estimate of drug-likeness (QED) is 0.556. The minimum absolute atomic E-state index is 0.291. The van der Waals surface area contributed by atoms with Gasteiger partial charge >= 0.3 is 5.97 Å². The molecule has 180 valence electrons. The highest BCUT2D eigenvalue weighted by atomic mass is 16.5. The van der Waals surface area contributed by atoms with Crippen molar-refractivity contribution in [3.8, 4) is 0 Å². The van der Waals surface area contributed by atoms with Crippen LogP contribution in [0.3, 0.4) is 0 Å². The molecule has 3 fully saturated rings. The van der Waals surface area contributed by atoms with Crippen LogP contribution in [0.4, 0.5) is 0 Å². The highest BCUT2D eigenvalue weighted by Crippen LogP contribution is 2.28. The highest BCUT2D eigenvalue weighted by molar-refractivity contribution is 5.88. The van der Waals surface area contributed by atoms with Crippen LogP contribution in [0, 0.1) is 5.92 Å². The van der Waals surface area contributed by atoms with E-state index in [1.807, 2.05) is 13.1 Å². The zero-order valence-corrected chi connectivity index (χ0v) is 20.1. The third-order valence-corrected chi connectivity index (χ3v) is 7.68. The summed E-state index contributed by atoms with van der Waals surface area (Å²) >= 11 is 0. The number of H-pyrrole nitrogens is 1. The Bertz CT molecular complexity index is 696. The minimum atomic E-state index is -0.291. The third-order valence-electron chi connectivity index (χ3n) is 7.68. The fourth-order valence-electron chi connectivity index (χ4n) is 5.97. The van der Waals surface area contributed by atoms with Gasteiger partial charge < -0.3 is 14.5 Å². The zero-order valence-electron chi connectivity index (χ0n) is 20.1. The molecule has 0 radical (unpaired) electrons. The van der Waals surface area contributed by atoms with Crippen molar-refractivity contribution in [2.24, 2.45) is 5.92 Å².